The molecule has 0 bridgehead atoms. The largest absolute Gasteiger partial charge is 0.433 e. The number of hydrogen-bond donors (Lipinski definition) is 0. The zero-order chi connectivity index (χ0) is 13.2. The lowest BCUT2D eigenvalue weighted by Gasteiger charge is -2.11. The number of pyridine rings is 1. The van der Waals surface area contributed by atoms with Gasteiger partial charge in [-0.2, -0.15) is 13.2 Å². The van der Waals surface area contributed by atoms with E-state index in [4.69, 9.17) is 0 Å². The summed E-state index contributed by atoms with van der Waals surface area (Å²) in [4.78, 5) is 3.49. The van der Waals surface area contributed by atoms with Gasteiger partial charge in [0, 0.05) is 17.1 Å². The molecule has 0 aliphatic heterocycles. The summed E-state index contributed by atoms with van der Waals surface area (Å²) in [7, 11) is 0. The summed E-state index contributed by atoms with van der Waals surface area (Å²) < 4.78 is 37.7. The molecule has 0 saturated carbocycles. The van der Waals surface area contributed by atoms with E-state index in [0.717, 1.165) is 11.6 Å². The SMILES string of the molecule is FC(F)(F)c1cc(CBr)c(-c2ccccc2)cn1. The van der Waals surface area contributed by atoms with Gasteiger partial charge in [-0.05, 0) is 17.2 Å². The minimum Gasteiger partial charge on any atom is -0.251 e. The van der Waals surface area contributed by atoms with Crippen molar-refractivity contribution >= 4 is 15.9 Å². The van der Waals surface area contributed by atoms with Crippen LogP contribution < -0.4 is 0 Å². The fraction of sp³-hybridized carbons (Fsp3) is 0.154. The van der Waals surface area contributed by atoms with Crippen LogP contribution in [0.4, 0.5) is 13.2 Å². The average molecular weight is 316 g/mol. The normalized spacial score (nSPS) is 11.6. The summed E-state index contributed by atoms with van der Waals surface area (Å²) in [5, 5.41) is 0.350. The Bertz CT molecular complexity index is 538. The van der Waals surface area contributed by atoms with E-state index in [1.165, 1.54) is 6.20 Å². The van der Waals surface area contributed by atoms with Crippen molar-refractivity contribution in [3.05, 3.63) is 53.9 Å². The van der Waals surface area contributed by atoms with E-state index in [9.17, 15) is 13.2 Å². The first-order valence-corrected chi connectivity index (χ1v) is 6.32. The Morgan fingerprint density at radius 2 is 1.78 bits per heavy atom. The summed E-state index contributed by atoms with van der Waals surface area (Å²) in [6.45, 7) is 0. The lowest BCUT2D eigenvalue weighted by atomic mass is 10.0. The minimum atomic E-state index is -4.41. The molecular weight excluding hydrogens is 307 g/mol. The topological polar surface area (TPSA) is 12.9 Å². The molecule has 5 heteroatoms. The van der Waals surface area contributed by atoms with Gasteiger partial charge in [0.15, 0.2) is 0 Å². The third-order valence-corrected chi connectivity index (χ3v) is 3.11. The van der Waals surface area contributed by atoms with E-state index in [0.29, 0.717) is 16.5 Å². The van der Waals surface area contributed by atoms with Crippen LogP contribution in [0.2, 0.25) is 0 Å². The van der Waals surface area contributed by atoms with Crippen LogP contribution in [0.1, 0.15) is 11.3 Å². The van der Waals surface area contributed by atoms with Gasteiger partial charge in [-0.1, -0.05) is 46.3 Å². The molecule has 0 aliphatic rings. The Kier molecular flexibility index (Phi) is 3.71. The lowest BCUT2D eigenvalue weighted by molar-refractivity contribution is -0.141. The Morgan fingerprint density at radius 1 is 1.11 bits per heavy atom. The Balaban J connectivity index is 2.51. The minimum absolute atomic E-state index is 0.350. The first-order valence-electron chi connectivity index (χ1n) is 5.20. The highest BCUT2D eigenvalue weighted by molar-refractivity contribution is 9.08. The molecule has 0 fully saturated rings. The van der Waals surface area contributed by atoms with Gasteiger partial charge in [-0.15, -0.1) is 0 Å². The second kappa shape index (κ2) is 5.10. The number of hydrogen-bond acceptors (Lipinski definition) is 1. The van der Waals surface area contributed by atoms with E-state index in [1.54, 1.807) is 0 Å². The van der Waals surface area contributed by atoms with Gasteiger partial charge >= 0.3 is 6.18 Å². The van der Waals surface area contributed by atoms with Crippen LogP contribution in [0.3, 0.4) is 0 Å². The molecule has 1 nitrogen and oxygen atoms in total. The van der Waals surface area contributed by atoms with Crippen molar-refractivity contribution < 1.29 is 13.2 Å². The maximum atomic E-state index is 12.6. The smallest absolute Gasteiger partial charge is 0.251 e. The molecule has 0 saturated heterocycles. The maximum Gasteiger partial charge on any atom is 0.433 e. The monoisotopic (exact) mass is 315 g/mol. The molecule has 0 spiro atoms. The fourth-order valence-electron chi connectivity index (χ4n) is 1.64. The molecule has 0 atom stereocenters. The first kappa shape index (κ1) is 13.1. The van der Waals surface area contributed by atoms with E-state index >= 15 is 0 Å². The van der Waals surface area contributed by atoms with Gasteiger partial charge in [-0.3, -0.25) is 4.98 Å². The number of rotatable bonds is 2. The zero-order valence-corrected chi connectivity index (χ0v) is 10.8. The predicted molar refractivity (Wildman–Crippen MR) is 67.3 cm³/mol. The summed E-state index contributed by atoms with van der Waals surface area (Å²) >= 11 is 3.21. The summed E-state index contributed by atoms with van der Waals surface area (Å²) in [5.74, 6) is 0. The van der Waals surface area contributed by atoms with Gasteiger partial charge in [0.25, 0.3) is 0 Å². The van der Waals surface area contributed by atoms with Gasteiger partial charge in [0.1, 0.15) is 5.69 Å². The number of aromatic nitrogens is 1. The van der Waals surface area contributed by atoms with Crippen LogP contribution in [0.5, 0.6) is 0 Å². The highest BCUT2D eigenvalue weighted by atomic mass is 79.9. The Hall–Kier alpha value is -1.36. The Morgan fingerprint density at radius 3 is 2.33 bits per heavy atom. The third kappa shape index (κ3) is 2.72. The molecule has 1 aromatic heterocycles. The molecule has 0 radical (unpaired) electrons. The van der Waals surface area contributed by atoms with Gasteiger partial charge in [-0.25, -0.2) is 0 Å². The second-order valence-corrected chi connectivity index (χ2v) is 4.28. The number of benzene rings is 1. The van der Waals surface area contributed by atoms with Gasteiger partial charge < -0.3 is 0 Å². The van der Waals surface area contributed by atoms with Crippen molar-refractivity contribution in [2.75, 3.05) is 0 Å². The fourth-order valence-corrected chi connectivity index (χ4v) is 2.10. The molecule has 18 heavy (non-hydrogen) atoms. The number of halogens is 4. The van der Waals surface area contributed by atoms with Crippen LogP contribution in [0.15, 0.2) is 42.6 Å². The van der Waals surface area contributed by atoms with Crippen molar-refractivity contribution in [2.24, 2.45) is 0 Å². The van der Waals surface area contributed by atoms with Gasteiger partial charge in [0.05, 0.1) is 0 Å². The molecule has 2 rings (SSSR count). The molecule has 2 aromatic rings. The molecule has 0 N–H and O–H groups in total. The molecule has 0 amide bonds. The van der Waals surface area contributed by atoms with Crippen LogP contribution in [0.25, 0.3) is 11.1 Å². The van der Waals surface area contributed by atoms with Crippen LogP contribution in [-0.4, -0.2) is 4.98 Å². The van der Waals surface area contributed by atoms with Crippen LogP contribution in [-0.2, 0) is 11.5 Å². The Labute approximate surface area is 111 Å². The van der Waals surface area contributed by atoms with Crippen molar-refractivity contribution in [2.45, 2.75) is 11.5 Å². The molecule has 0 unspecified atom stereocenters. The summed E-state index contributed by atoms with van der Waals surface area (Å²) in [5.41, 5.74) is 1.27. The molecule has 0 aliphatic carbocycles. The van der Waals surface area contributed by atoms with Gasteiger partial charge in [0.2, 0.25) is 0 Å². The van der Waals surface area contributed by atoms with E-state index in [2.05, 4.69) is 20.9 Å². The summed E-state index contributed by atoms with van der Waals surface area (Å²) in [6.07, 6.45) is -3.14. The third-order valence-electron chi connectivity index (χ3n) is 2.51. The molecular formula is C13H9BrF3N. The van der Waals surface area contributed by atoms with Crippen molar-refractivity contribution in [1.82, 2.24) is 4.98 Å². The van der Waals surface area contributed by atoms with E-state index in [-0.39, 0.29) is 0 Å². The standard InChI is InChI=1S/C13H9BrF3N/c14-7-10-6-12(13(15,16)17)18-8-11(10)9-4-2-1-3-5-9/h1-6,8H,7H2. The maximum absolute atomic E-state index is 12.6. The lowest BCUT2D eigenvalue weighted by Crippen LogP contribution is -2.08. The highest BCUT2D eigenvalue weighted by Gasteiger charge is 2.32. The van der Waals surface area contributed by atoms with Crippen LogP contribution in [0, 0.1) is 0 Å². The zero-order valence-electron chi connectivity index (χ0n) is 9.21. The van der Waals surface area contributed by atoms with E-state index in [1.807, 2.05) is 30.3 Å². The number of nitrogens with zero attached hydrogens (tertiary/aromatic N) is 1. The molecule has 1 aromatic carbocycles. The quantitative estimate of drug-likeness (QED) is 0.734. The van der Waals surface area contributed by atoms with Crippen LogP contribution >= 0.6 is 15.9 Å². The predicted octanol–water partition coefficient (Wildman–Crippen LogP) is 4.66. The molecule has 94 valence electrons. The van der Waals surface area contributed by atoms with Crippen molar-refractivity contribution in [3.8, 4) is 11.1 Å². The van der Waals surface area contributed by atoms with Crippen molar-refractivity contribution in [1.29, 1.82) is 0 Å². The summed E-state index contributed by atoms with van der Waals surface area (Å²) in [6, 6.07) is 10.3. The molecule has 1 heterocycles. The highest BCUT2D eigenvalue weighted by Crippen LogP contribution is 2.32. The van der Waals surface area contributed by atoms with E-state index < -0.39 is 11.9 Å². The number of alkyl halides is 4. The average Bonchev–Trinajstić information content (AvgIpc) is 2.38. The van der Waals surface area contributed by atoms with Crippen molar-refractivity contribution in [3.63, 3.8) is 0 Å². The first-order chi connectivity index (χ1) is 8.52. The second-order valence-electron chi connectivity index (χ2n) is 3.72.